The number of carbonyl (C=O) groups excluding carboxylic acids is 1. The van der Waals surface area contributed by atoms with E-state index in [-0.39, 0.29) is 5.97 Å². The maximum Gasteiger partial charge on any atom is 0.338 e. The van der Waals surface area contributed by atoms with Crippen LogP contribution in [0.2, 0.25) is 0 Å². The van der Waals surface area contributed by atoms with Crippen LogP contribution in [-0.4, -0.2) is 11.6 Å². The third-order valence-corrected chi connectivity index (χ3v) is 2.85. The minimum absolute atomic E-state index is 0.295. The fourth-order valence-corrected chi connectivity index (χ4v) is 2.05. The van der Waals surface area contributed by atoms with Gasteiger partial charge in [-0.2, -0.15) is 0 Å². The molecule has 0 radical (unpaired) electrons. The number of carbonyl (C=O) groups is 1. The zero-order valence-electron chi connectivity index (χ0n) is 9.51. The standard InChI is InChI=1S/C12H14Br2O2/c1-12(2,3)16-11(15)9-4-8(7-13)5-10(14)6-9/h4-6H,7H2,1-3H3. The zero-order valence-corrected chi connectivity index (χ0v) is 12.7. The van der Waals surface area contributed by atoms with E-state index in [0.29, 0.717) is 10.9 Å². The van der Waals surface area contributed by atoms with Crippen molar-refractivity contribution in [2.24, 2.45) is 0 Å². The molecule has 4 heteroatoms. The monoisotopic (exact) mass is 348 g/mol. The van der Waals surface area contributed by atoms with E-state index in [2.05, 4.69) is 31.9 Å². The normalized spacial score (nSPS) is 11.3. The molecular formula is C12H14Br2O2. The van der Waals surface area contributed by atoms with E-state index in [4.69, 9.17) is 4.74 Å². The van der Waals surface area contributed by atoms with E-state index < -0.39 is 5.60 Å². The van der Waals surface area contributed by atoms with Crippen LogP contribution in [0.15, 0.2) is 22.7 Å². The van der Waals surface area contributed by atoms with E-state index in [0.717, 1.165) is 10.0 Å². The van der Waals surface area contributed by atoms with Crippen LogP contribution in [0, 0.1) is 0 Å². The predicted molar refractivity (Wildman–Crippen MR) is 71.9 cm³/mol. The molecule has 1 rings (SSSR count). The molecule has 0 saturated carbocycles. The van der Waals surface area contributed by atoms with Crippen molar-refractivity contribution in [2.75, 3.05) is 0 Å². The molecule has 0 aliphatic rings. The molecule has 2 nitrogen and oxygen atoms in total. The van der Waals surface area contributed by atoms with Crippen LogP contribution < -0.4 is 0 Å². The Hall–Kier alpha value is -0.350. The average Bonchev–Trinajstić information content (AvgIpc) is 2.14. The molecule has 0 saturated heterocycles. The van der Waals surface area contributed by atoms with Gasteiger partial charge in [-0.1, -0.05) is 31.9 Å². The van der Waals surface area contributed by atoms with E-state index >= 15 is 0 Å². The lowest BCUT2D eigenvalue weighted by Gasteiger charge is -2.19. The zero-order chi connectivity index (χ0) is 12.3. The van der Waals surface area contributed by atoms with Gasteiger partial charge in [0, 0.05) is 9.80 Å². The molecular weight excluding hydrogens is 336 g/mol. The van der Waals surface area contributed by atoms with Gasteiger partial charge in [0.1, 0.15) is 5.60 Å². The van der Waals surface area contributed by atoms with Crippen molar-refractivity contribution in [2.45, 2.75) is 31.7 Å². The summed E-state index contributed by atoms with van der Waals surface area (Å²) in [6, 6.07) is 5.55. The van der Waals surface area contributed by atoms with Crippen molar-refractivity contribution < 1.29 is 9.53 Å². The predicted octanol–water partition coefficient (Wildman–Crippen LogP) is 4.30. The van der Waals surface area contributed by atoms with Gasteiger partial charge in [0.2, 0.25) is 0 Å². The summed E-state index contributed by atoms with van der Waals surface area (Å²) >= 11 is 6.74. The molecule has 0 bridgehead atoms. The van der Waals surface area contributed by atoms with Crippen LogP contribution in [0.5, 0.6) is 0 Å². The Balaban J connectivity index is 2.95. The van der Waals surface area contributed by atoms with E-state index in [1.54, 1.807) is 6.07 Å². The Morgan fingerprint density at radius 3 is 2.44 bits per heavy atom. The van der Waals surface area contributed by atoms with E-state index in [1.807, 2.05) is 32.9 Å². The van der Waals surface area contributed by atoms with Gasteiger partial charge < -0.3 is 4.74 Å². The van der Waals surface area contributed by atoms with Crippen LogP contribution in [0.1, 0.15) is 36.7 Å². The molecule has 0 fully saturated rings. The van der Waals surface area contributed by atoms with Gasteiger partial charge >= 0.3 is 5.97 Å². The molecule has 16 heavy (non-hydrogen) atoms. The molecule has 0 heterocycles. The van der Waals surface area contributed by atoms with Gasteiger partial charge in [-0.3, -0.25) is 0 Å². The van der Waals surface area contributed by atoms with Gasteiger partial charge in [0.15, 0.2) is 0 Å². The Morgan fingerprint density at radius 2 is 1.94 bits per heavy atom. The van der Waals surface area contributed by atoms with E-state index in [9.17, 15) is 4.79 Å². The number of ether oxygens (including phenoxy) is 1. The molecule has 0 N–H and O–H groups in total. The van der Waals surface area contributed by atoms with Crippen molar-refractivity contribution in [3.05, 3.63) is 33.8 Å². The summed E-state index contributed by atoms with van der Waals surface area (Å²) in [5.74, 6) is -0.295. The second-order valence-electron chi connectivity index (χ2n) is 4.48. The molecule has 0 unspecified atom stereocenters. The number of halogens is 2. The number of hydrogen-bond donors (Lipinski definition) is 0. The summed E-state index contributed by atoms with van der Waals surface area (Å²) in [6.07, 6.45) is 0. The Morgan fingerprint density at radius 1 is 1.31 bits per heavy atom. The number of esters is 1. The van der Waals surface area contributed by atoms with Gasteiger partial charge in [-0.25, -0.2) is 4.79 Å². The summed E-state index contributed by atoms with van der Waals surface area (Å²) in [5, 5.41) is 0.711. The summed E-state index contributed by atoms with van der Waals surface area (Å²) in [5.41, 5.74) is 1.14. The average molecular weight is 350 g/mol. The van der Waals surface area contributed by atoms with Crippen molar-refractivity contribution >= 4 is 37.8 Å². The van der Waals surface area contributed by atoms with Crippen molar-refractivity contribution in [1.29, 1.82) is 0 Å². The Labute approximate surface area is 113 Å². The Bertz CT molecular complexity index is 394. The minimum Gasteiger partial charge on any atom is -0.456 e. The van der Waals surface area contributed by atoms with Gasteiger partial charge in [-0.15, -0.1) is 0 Å². The van der Waals surface area contributed by atoms with Crippen LogP contribution >= 0.6 is 31.9 Å². The molecule has 88 valence electrons. The van der Waals surface area contributed by atoms with Crippen LogP contribution in [-0.2, 0) is 10.1 Å². The first-order valence-electron chi connectivity index (χ1n) is 4.90. The van der Waals surface area contributed by atoms with Gasteiger partial charge in [-0.05, 0) is 44.5 Å². The van der Waals surface area contributed by atoms with Crippen LogP contribution in [0.4, 0.5) is 0 Å². The second kappa shape index (κ2) is 5.32. The molecule has 0 aromatic heterocycles. The smallest absolute Gasteiger partial charge is 0.338 e. The lowest BCUT2D eigenvalue weighted by molar-refractivity contribution is 0.00693. The number of benzene rings is 1. The first-order chi connectivity index (χ1) is 7.31. The lowest BCUT2D eigenvalue weighted by Crippen LogP contribution is -2.23. The number of rotatable bonds is 2. The highest BCUT2D eigenvalue weighted by Crippen LogP contribution is 2.20. The van der Waals surface area contributed by atoms with Crippen LogP contribution in [0.25, 0.3) is 0 Å². The third-order valence-electron chi connectivity index (χ3n) is 1.75. The van der Waals surface area contributed by atoms with Crippen molar-refractivity contribution in [3.8, 4) is 0 Å². The highest BCUT2D eigenvalue weighted by atomic mass is 79.9. The minimum atomic E-state index is -0.464. The Kier molecular flexibility index (Phi) is 4.56. The molecule has 0 atom stereocenters. The van der Waals surface area contributed by atoms with Gasteiger partial charge in [0.25, 0.3) is 0 Å². The molecule has 0 aliphatic heterocycles. The first kappa shape index (κ1) is 13.7. The maximum absolute atomic E-state index is 11.8. The summed E-state index contributed by atoms with van der Waals surface area (Å²) in [4.78, 5) is 11.8. The first-order valence-corrected chi connectivity index (χ1v) is 6.82. The molecule has 0 spiro atoms. The largest absolute Gasteiger partial charge is 0.456 e. The summed E-state index contributed by atoms with van der Waals surface area (Å²) in [6.45, 7) is 5.57. The summed E-state index contributed by atoms with van der Waals surface area (Å²) < 4.78 is 6.18. The third kappa shape index (κ3) is 4.26. The molecule has 0 aliphatic carbocycles. The highest BCUT2D eigenvalue weighted by molar-refractivity contribution is 9.10. The lowest BCUT2D eigenvalue weighted by atomic mass is 10.1. The molecule has 1 aromatic carbocycles. The number of alkyl halides is 1. The van der Waals surface area contributed by atoms with Crippen LogP contribution in [0.3, 0.4) is 0 Å². The highest BCUT2D eigenvalue weighted by Gasteiger charge is 2.18. The SMILES string of the molecule is CC(C)(C)OC(=O)c1cc(Br)cc(CBr)c1. The van der Waals surface area contributed by atoms with Crippen molar-refractivity contribution in [1.82, 2.24) is 0 Å². The fraction of sp³-hybridized carbons (Fsp3) is 0.417. The van der Waals surface area contributed by atoms with E-state index in [1.165, 1.54) is 0 Å². The molecule has 0 amide bonds. The second-order valence-corrected chi connectivity index (χ2v) is 5.96. The molecule has 1 aromatic rings. The fourth-order valence-electron chi connectivity index (χ4n) is 1.18. The topological polar surface area (TPSA) is 26.3 Å². The summed E-state index contributed by atoms with van der Waals surface area (Å²) in [7, 11) is 0. The number of hydrogen-bond acceptors (Lipinski definition) is 2. The van der Waals surface area contributed by atoms with Gasteiger partial charge in [0.05, 0.1) is 5.56 Å². The quantitative estimate of drug-likeness (QED) is 0.587. The maximum atomic E-state index is 11.8. The van der Waals surface area contributed by atoms with Crippen molar-refractivity contribution in [3.63, 3.8) is 0 Å².